The molecule has 4 heteroatoms. The zero-order valence-corrected chi connectivity index (χ0v) is 9.75. The Bertz CT molecular complexity index is 473. The van der Waals surface area contributed by atoms with Gasteiger partial charge in [0.1, 0.15) is 0 Å². The van der Waals surface area contributed by atoms with Crippen molar-refractivity contribution in [3.8, 4) is 0 Å². The molecule has 3 nitrogen and oxygen atoms in total. The topological polar surface area (TPSA) is 53.1 Å². The molecule has 1 unspecified atom stereocenters. The van der Waals surface area contributed by atoms with Gasteiger partial charge in [-0.2, -0.15) is 0 Å². The smallest absolute Gasteiger partial charge is 0.304 e. The van der Waals surface area contributed by atoms with Gasteiger partial charge >= 0.3 is 5.97 Å². The number of aromatic nitrogens is 1. The Morgan fingerprint density at radius 1 is 1.50 bits per heavy atom. The van der Waals surface area contributed by atoms with Crippen molar-refractivity contribution in [2.75, 3.05) is 0 Å². The van der Waals surface area contributed by atoms with Gasteiger partial charge in [0.05, 0.1) is 11.4 Å². The van der Waals surface area contributed by atoms with Crippen molar-refractivity contribution in [1.82, 2.24) is 4.98 Å². The van der Waals surface area contributed by atoms with E-state index < -0.39 is 5.97 Å². The van der Waals surface area contributed by atoms with Crippen molar-refractivity contribution in [2.45, 2.75) is 23.6 Å². The normalized spacial score (nSPS) is 12.8. The zero-order chi connectivity index (χ0) is 11.5. The number of nitrogens with one attached hydrogen (secondary N) is 1. The molecule has 16 heavy (non-hydrogen) atoms. The van der Waals surface area contributed by atoms with Crippen molar-refractivity contribution in [3.05, 3.63) is 30.3 Å². The summed E-state index contributed by atoms with van der Waals surface area (Å²) in [5, 5.41) is 10.9. The first-order valence-corrected chi connectivity index (χ1v) is 5.99. The van der Waals surface area contributed by atoms with Crippen LogP contribution in [0.1, 0.15) is 13.3 Å². The van der Waals surface area contributed by atoms with Crippen molar-refractivity contribution < 1.29 is 9.90 Å². The van der Waals surface area contributed by atoms with E-state index in [2.05, 4.69) is 11.1 Å². The summed E-state index contributed by atoms with van der Waals surface area (Å²) < 4.78 is 0. The van der Waals surface area contributed by atoms with Crippen LogP contribution >= 0.6 is 11.8 Å². The predicted molar refractivity (Wildman–Crippen MR) is 65.9 cm³/mol. The number of aromatic amines is 1. The van der Waals surface area contributed by atoms with E-state index in [4.69, 9.17) is 5.11 Å². The maximum atomic E-state index is 10.5. The Hall–Kier alpha value is -1.42. The van der Waals surface area contributed by atoms with Gasteiger partial charge in [0.2, 0.25) is 0 Å². The van der Waals surface area contributed by atoms with E-state index in [1.54, 1.807) is 11.8 Å². The Balaban J connectivity index is 2.12. The van der Waals surface area contributed by atoms with Gasteiger partial charge in [-0.05, 0) is 12.1 Å². The third-order valence-corrected chi connectivity index (χ3v) is 3.34. The van der Waals surface area contributed by atoms with Crippen LogP contribution in [0.15, 0.2) is 35.4 Å². The Morgan fingerprint density at radius 3 is 2.94 bits per heavy atom. The second-order valence-electron chi connectivity index (χ2n) is 3.75. The molecule has 0 saturated heterocycles. The molecular formula is C12H13NO2S. The summed E-state index contributed by atoms with van der Waals surface area (Å²) in [6, 6.07) is 10.1. The van der Waals surface area contributed by atoms with E-state index in [0.717, 1.165) is 15.9 Å². The van der Waals surface area contributed by atoms with Crippen molar-refractivity contribution in [3.63, 3.8) is 0 Å². The highest BCUT2D eigenvalue weighted by molar-refractivity contribution is 7.99. The third kappa shape index (κ3) is 2.58. The molecule has 0 amide bonds. The van der Waals surface area contributed by atoms with Crippen LogP contribution in [-0.4, -0.2) is 21.3 Å². The second-order valence-corrected chi connectivity index (χ2v) is 5.23. The minimum atomic E-state index is -0.754. The number of hydrogen-bond donors (Lipinski definition) is 2. The molecule has 0 bridgehead atoms. The molecule has 0 spiro atoms. The number of carbonyl (C=O) groups is 1. The number of rotatable bonds is 4. The van der Waals surface area contributed by atoms with Crippen LogP contribution in [-0.2, 0) is 4.79 Å². The molecule has 0 aliphatic rings. The summed E-state index contributed by atoms with van der Waals surface area (Å²) >= 11 is 1.56. The number of carboxylic acids is 1. The molecule has 1 atom stereocenters. The number of fused-ring (bicyclic) bond motifs is 1. The molecular weight excluding hydrogens is 222 g/mol. The lowest BCUT2D eigenvalue weighted by Gasteiger charge is -2.05. The van der Waals surface area contributed by atoms with Gasteiger partial charge in [-0.25, -0.2) is 0 Å². The molecule has 0 aliphatic heterocycles. The van der Waals surface area contributed by atoms with Gasteiger partial charge in [-0.15, -0.1) is 11.8 Å². The number of hydrogen-bond acceptors (Lipinski definition) is 2. The standard InChI is InChI=1S/C12H13NO2S/c1-8(6-12(14)15)16-11-7-9-4-2-3-5-10(9)13-11/h2-5,7-8,13H,6H2,1H3,(H,14,15). The lowest BCUT2D eigenvalue weighted by Crippen LogP contribution is -2.05. The molecule has 1 aromatic carbocycles. The number of thioether (sulfide) groups is 1. The summed E-state index contributed by atoms with van der Waals surface area (Å²) in [6.45, 7) is 1.92. The highest BCUT2D eigenvalue weighted by Gasteiger charge is 2.10. The van der Waals surface area contributed by atoms with Gasteiger partial charge in [0.15, 0.2) is 0 Å². The predicted octanol–water partition coefficient (Wildman–Crippen LogP) is 3.12. The van der Waals surface area contributed by atoms with Gasteiger partial charge in [-0.3, -0.25) is 4.79 Å². The Labute approximate surface area is 97.9 Å². The van der Waals surface area contributed by atoms with Crippen LogP contribution in [0.2, 0.25) is 0 Å². The van der Waals surface area contributed by atoms with Gasteiger partial charge < -0.3 is 10.1 Å². The largest absolute Gasteiger partial charge is 0.481 e. The molecule has 2 rings (SSSR count). The van der Waals surface area contributed by atoms with Crippen molar-refractivity contribution in [2.24, 2.45) is 0 Å². The lowest BCUT2D eigenvalue weighted by molar-refractivity contribution is -0.136. The molecule has 0 radical (unpaired) electrons. The zero-order valence-electron chi connectivity index (χ0n) is 8.93. The Kier molecular flexibility index (Phi) is 3.19. The third-order valence-electron chi connectivity index (χ3n) is 2.30. The maximum absolute atomic E-state index is 10.5. The van der Waals surface area contributed by atoms with Gasteiger partial charge in [0, 0.05) is 16.2 Å². The number of aliphatic carboxylic acids is 1. The highest BCUT2D eigenvalue weighted by atomic mass is 32.2. The van der Waals surface area contributed by atoms with E-state index in [1.807, 2.05) is 31.2 Å². The fraction of sp³-hybridized carbons (Fsp3) is 0.250. The van der Waals surface area contributed by atoms with Crippen LogP contribution in [0.3, 0.4) is 0 Å². The number of H-pyrrole nitrogens is 1. The number of carboxylic acid groups (broad SMARTS) is 1. The first-order chi connectivity index (χ1) is 7.65. The fourth-order valence-corrected chi connectivity index (χ4v) is 2.64. The first-order valence-electron chi connectivity index (χ1n) is 5.11. The van der Waals surface area contributed by atoms with Crippen LogP contribution in [0, 0.1) is 0 Å². The van der Waals surface area contributed by atoms with Crippen LogP contribution in [0.5, 0.6) is 0 Å². The minimum absolute atomic E-state index is 0.0746. The monoisotopic (exact) mass is 235 g/mol. The molecule has 1 heterocycles. The second kappa shape index (κ2) is 4.61. The first kappa shape index (κ1) is 11.1. The molecule has 0 saturated carbocycles. The van der Waals surface area contributed by atoms with E-state index in [1.165, 1.54) is 0 Å². The molecule has 0 aliphatic carbocycles. The maximum Gasteiger partial charge on any atom is 0.304 e. The lowest BCUT2D eigenvalue weighted by atomic mass is 10.3. The highest BCUT2D eigenvalue weighted by Crippen LogP contribution is 2.27. The van der Waals surface area contributed by atoms with Crippen LogP contribution in [0.4, 0.5) is 0 Å². The van der Waals surface area contributed by atoms with E-state index in [-0.39, 0.29) is 11.7 Å². The van der Waals surface area contributed by atoms with Crippen molar-refractivity contribution in [1.29, 1.82) is 0 Å². The molecule has 1 aromatic heterocycles. The minimum Gasteiger partial charge on any atom is -0.481 e. The summed E-state index contributed by atoms with van der Waals surface area (Å²) in [5.41, 5.74) is 1.09. The molecule has 0 fully saturated rings. The van der Waals surface area contributed by atoms with Gasteiger partial charge in [-0.1, -0.05) is 25.1 Å². The summed E-state index contributed by atoms with van der Waals surface area (Å²) in [7, 11) is 0. The van der Waals surface area contributed by atoms with Crippen LogP contribution < -0.4 is 0 Å². The van der Waals surface area contributed by atoms with Crippen LogP contribution in [0.25, 0.3) is 10.9 Å². The molecule has 2 aromatic rings. The quantitative estimate of drug-likeness (QED) is 0.800. The summed E-state index contributed by atoms with van der Waals surface area (Å²) in [6.07, 6.45) is 0.181. The van der Waals surface area contributed by atoms with Gasteiger partial charge in [0.25, 0.3) is 0 Å². The summed E-state index contributed by atoms with van der Waals surface area (Å²) in [4.78, 5) is 13.8. The average Bonchev–Trinajstić information content (AvgIpc) is 2.57. The van der Waals surface area contributed by atoms with E-state index in [0.29, 0.717) is 0 Å². The van der Waals surface area contributed by atoms with Crippen molar-refractivity contribution >= 4 is 28.6 Å². The van der Waals surface area contributed by atoms with E-state index in [9.17, 15) is 4.79 Å². The number of para-hydroxylation sites is 1. The SMILES string of the molecule is CC(CC(=O)O)Sc1cc2ccccc2[nH]1. The fourth-order valence-electron chi connectivity index (χ4n) is 1.61. The molecule has 2 N–H and O–H groups in total. The summed E-state index contributed by atoms with van der Waals surface area (Å²) in [5.74, 6) is -0.754. The number of benzene rings is 1. The van der Waals surface area contributed by atoms with E-state index >= 15 is 0 Å². The molecule has 84 valence electrons. The average molecular weight is 235 g/mol. The Morgan fingerprint density at radius 2 is 2.25 bits per heavy atom.